The largest absolute Gasteiger partial charge is 0.352 e. The molecule has 28 heavy (non-hydrogen) atoms. The van der Waals surface area contributed by atoms with E-state index in [1.807, 2.05) is 24.0 Å². The van der Waals surface area contributed by atoms with Crippen molar-refractivity contribution in [2.45, 2.75) is 13.0 Å². The summed E-state index contributed by atoms with van der Waals surface area (Å²) in [5.74, 6) is -0.235. The van der Waals surface area contributed by atoms with Crippen molar-refractivity contribution in [3.05, 3.63) is 65.1 Å². The Balaban J connectivity index is 1.68. The van der Waals surface area contributed by atoms with E-state index in [-0.39, 0.29) is 17.5 Å². The van der Waals surface area contributed by atoms with E-state index >= 15 is 0 Å². The van der Waals surface area contributed by atoms with Crippen molar-refractivity contribution in [3.63, 3.8) is 0 Å². The summed E-state index contributed by atoms with van der Waals surface area (Å²) in [5, 5.41) is 18.2. The van der Waals surface area contributed by atoms with Gasteiger partial charge in [0.25, 0.3) is 0 Å². The maximum absolute atomic E-state index is 13.3. The fourth-order valence-corrected chi connectivity index (χ4v) is 3.22. The first-order chi connectivity index (χ1) is 13.5. The van der Waals surface area contributed by atoms with Crippen molar-refractivity contribution in [1.82, 2.24) is 9.88 Å². The molecule has 0 saturated carbocycles. The van der Waals surface area contributed by atoms with Crippen LogP contribution in [0.3, 0.4) is 0 Å². The van der Waals surface area contributed by atoms with Crippen molar-refractivity contribution in [2.24, 2.45) is 0 Å². The lowest BCUT2D eigenvalue weighted by atomic mass is 10.1. The summed E-state index contributed by atoms with van der Waals surface area (Å²) in [6, 6.07) is 12.1. The molecule has 0 radical (unpaired) electrons. The number of rotatable bonds is 3. The zero-order valence-corrected chi connectivity index (χ0v) is 15.3. The SMILES string of the molecule is CC1CN(c2ncc(F)cc2C#N)CCN1C(=O)C=Cc1cccc(C#N)c1. The van der Waals surface area contributed by atoms with Gasteiger partial charge in [-0.25, -0.2) is 9.37 Å². The van der Waals surface area contributed by atoms with Crippen LogP contribution in [0.25, 0.3) is 6.08 Å². The molecule has 1 aliphatic heterocycles. The number of amides is 1. The van der Waals surface area contributed by atoms with Crippen LogP contribution in [-0.4, -0.2) is 41.5 Å². The molecule has 1 amide bonds. The van der Waals surface area contributed by atoms with Crippen LogP contribution in [0.4, 0.5) is 10.2 Å². The Labute approximate surface area is 162 Å². The molecule has 1 atom stereocenters. The number of carbonyl (C=O) groups is 1. The highest BCUT2D eigenvalue weighted by Crippen LogP contribution is 2.22. The maximum atomic E-state index is 13.3. The van der Waals surface area contributed by atoms with Crippen LogP contribution in [0.2, 0.25) is 0 Å². The van der Waals surface area contributed by atoms with E-state index in [4.69, 9.17) is 5.26 Å². The Kier molecular flexibility index (Phi) is 5.67. The normalized spacial score (nSPS) is 16.6. The molecule has 3 rings (SSSR count). The summed E-state index contributed by atoms with van der Waals surface area (Å²) in [5.41, 5.74) is 1.51. The highest BCUT2D eigenvalue weighted by molar-refractivity contribution is 5.92. The third-order valence-electron chi connectivity index (χ3n) is 4.60. The van der Waals surface area contributed by atoms with Crippen LogP contribution in [0.15, 0.2) is 42.6 Å². The number of nitriles is 2. The molecule has 7 heteroatoms. The highest BCUT2D eigenvalue weighted by Gasteiger charge is 2.28. The van der Waals surface area contributed by atoms with Crippen molar-refractivity contribution in [1.29, 1.82) is 10.5 Å². The van der Waals surface area contributed by atoms with E-state index in [1.54, 1.807) is 29.2 Å². The molecule has 2 heterocycles. The van der Waals surface area contributed by atoms with E-state index in [9.17, 15) is 14.4 Å². The first-order valence-corrected chi connectivity index (χ1v) is 8.81. The Morgan fingerprint density at radius 3 is 2.82 bits per heavy atom. The van der Waals surface area contributed by atoms with Crippen LogP contribution >= 0.6 is 0 Å². The second-order valence-corrected chi connectivity index (χ2v) is 6.53. The number of aromatic nitrogens is 1. The van der Waals surface area contributed by atoms with Gasteiger partial charge >= 0.3 is 0 Å². The number of carbonyl (C=O) groups excluding carboxylic acids is 1. The molecule has 1 aromatic heterocycles. The van der Waals surface area contributed by atoms with Gasteiger partial charge in [0.05, 0.1) is 23.4 Å². The van der Waals surface area contributed by atoms with Gasteiger partial charge in [-0.1, -0.05) is 12.1 Å². The van der Waals surface area contributed by atoms with Gasteiger partial charge < -0.3 is 9.80 Å². The van der Waals surface area contributed by atoms with Crippen LogP contribution in [-0.2, 0) is 4.79 Å². The quantitative estimate of drug-likeness (QED) is 0.770. The van der Waals surface area contributed by atoms with Gasteiger partial charge in [-0.3, -0.25) is 4.79 Å². The molecule has 1 fully saturated rings. The molecule has 0 bridgehead atoms. The summed E-state index contributed by atoms with van der Waals surface area (Å²) in [6.07, 6.45) is 4.29. The zero-order chi connectivity index (χ0) is 20.1. The highest BCUT2D eigenvalue weighted by atomic mass is 19.1. The minimum Gasteiger partial charge on any atom is -0.352 e. The summed E-state index contributed by atoms with van der Waals surface area (Å²) < 4.78 is 13.3. The molecule has 1 aliphatic rings. The number of hydrogen-bond acceptors (Lipinski definition) is 5. The van der Waals surface area contributed by atoms with Gasteiger partial charge in [0, 0.05) is 31.8 Å². The zero-order valence-electron chi connectivity index (χ0n) is 15.3. The Hall–Kier alpha value is -3.71. The fraction of sp³-hybridized carbons (Fsp3) is 0.238. The average Bonchev–Trinajstić information content (AvgIpc) is 2.72. The fourth-order valence-electron chi connectivity index (χ4n) is 3.22. The van der Waals surface area contributed by atoms with Crippen LogP contribution in [0, 0.1) is 28.5 Å². The smallest absolute Gasteiger partial charge is 0.246 e. The molecular formula is C21H18FN5O. The van der Waals surface area contributed by atoms with Crippen LogP contribution in [0.5, 0.6) is 0 Å². The standard InChI is InChI=1S/C21H18FN5O/c1-15-14-26(21-18(12-24)10-19(22)13-25-21)7-8-27(15)20(28)6-5-16-3-2-4-17(9-16)11-23/h2-6,9-10,13,15H,7-8,14H2,1H3. The Bertz CT molecular complexity index is 1000. The molecule has 1 aromatic carbocycles. The number of anilines is 1. The second kappa shape index (κ2) is 8.32. The van der Waals surface area contributed by atoms with Gasteiger partial charge in [0.1, 0.15) is 17.7 Å². The van der Waals surface area contributed by atoms with Crippen molar-refractivity contribution in [2.75, 3.05) is 24.5 Å². The summed E-state index contributed by atoms with van der Waals surface area (Å²) in [4.78, 5) is 20.3. The lowest BCUT2D eigenvalue weighted by Gasteiger charge is -2.40. The van der Waals surface area contributed by atoms with Crippen molar-refractivity contribution >= 4 is 17.8 Å². The van der Waals surface area contributed by atoms with Crippen LogP contribution < -0.4 is 4.90 Å². The Morgan fingerprint density at radius 2 is 2.11 bits per heavy atom. The van der Waals surface area contributed by atoms with Gasteiger partial charge in [-0.15, -0.1) is 0 Å². The third-order valence-corrected chi connectivity index (χ3v) is 4.60. The monoisotopic (exact) mass is 375 g/mol. The van der Waals surface area contributed by atoms with Gasteiger partial charge in [-0.2, -0.15) is 10.5 Å². The van der Waals surface area contributed by atoms with E-state index < -0.39 is 5.82 Å². The summed E-state index contributed by atoms with van der Waals surface area (Å²) >= 11 is 0. The van der Waals surface area contributed by atoms with Gasteiger partial charge in [0.15, 0.2) is 0 Å². The number of benzene rings is 1. The molecule has 6 nitrogen and oxygen atoms in total. The van der Waals surface area contributed by atoms with Gasteiger partial charge in [0.2, 0.25) is 5.91 Å². The Morgan fingerprint density at radius 1 is 1.29 bits per heavy atom. The number of nitrogens with zero attached hydrogens (tertiary/aromatic N) is 5. The van der Waals surface area contributed by atoms with E-state index in [2.05, 4.69) is 11.1 Å². The first-order valence-electron chi connectivity index (χ1n) is 8.81. The van der Waals surface area contributed by atoms with Crippen molar-refractivity contribution in [3.8, 4) is 12.1 Å². The molecule has 1 saturated heterocycles. The summed E-state index contributed by atoms with van der Waals surface area (Å²) in [6.45, 7) is 3.38. The second-order valence-electron chi connectivity index (χ2n) is 6.53. The average molecular weight is 375 g/mol. The molecule has 2 aromatic rings. The minimum absolute atomic E-state index is 0.102. The maximum Gasteiger partial charge on any atom is 0.246 e. The number of pyridine rings is 1. The third kappa shape index (κ3) is 4.16. The summed E-state index contributed by atoms with van der Waals surface area (Å²) in [7, 11) is 0. The first kappa shape index (κ1) is 19.1. The van der Waals surface area contributed by atoms with E-state index in [0.29, 0.717) is 31.0 Å². The number of halogens is 1. The number of hydrogen-bond donors (Lipinski definition) is 0. The molecule has 0 aliphatic carbocycles. The van der Waals surface area contributed by atoms with E-state index in [0.717, 1.165) is 11.8 Å². The van der Waals surface area contributed by atoms with Crippen LogP contribution in [0.1, 0.15) is 23.6 Å². The minimum atomic E-state index is -0.548. The molecule has 0 N–H and O–H groups in total. The predicted molar refractivity (Wildman–Crippen MR) is 102 cm³/mol. The molecule has 1 unspecified atom stereocenters. The topological polar surface area (TPSA) is 84.0 Å². The molecule has 140 valence electrons. The lowest BCUT2D eigenvalue weighted by Crippen LogP contribution is -2.54. The van der Waals surface area contributed by atoms with E-state index in [1.165, 1.54) is 12.1 Å². The van der Waals surface area contributed by atoms with Crippen molar-refractivity contribution < 1.29 is 9.18 Å². The molecule has 0 spiro atoms. The molecular weight excluding hydrogens is 357 g/mol. The lowest BCUT2D eigenvalue weighted by molar-refractivity contribution is -0.128. The predicted octanol–water partition coefficient (Wildman–Crippen LogP) is 2.71. The number of piperazine rings is 1. The van der Waals surface area contributed by atoms with Gasteiger partial charge in [-0.05, 0) is 36.8 Å².